The molecule has 25 heavy (non-hydrogen) atoms. The number of nitrogens with zero attached hydrogens (tertiary/aromatic N) is 2. The Kier molecular flexibility index (Phi) is 4.27. The number of hydrazone groups is 1. The fraction of sp³-hybridized carbons (Fsp3) is 0.176. The number of nitrogens with one attached hydrogen (secondary N) is 1. The number of aliphatic imine (C=N–C) groups is 1. The molecule has 0 fully saturated rings. The second-order valence-corrected chi connectivity index (χ2v) is 6.36. The fourth-order valence-electron chi connectivity index (χ4n) is 2.46. The number of amidine groups is 1. The number of thioether (sulfide) groups is 1. The molecule has 5 nitrogen and oxygen atoms in total. The molecular weight excluding hydrogens is 348 g/mol. The van der Waals surface area contributed by atoms with Crippen LogP contribution >= 0.6 is 11.8 Å². The number of benzene rings is 2. The molecule has 0 amide bonds. The van der Waals surface area contributed by atoms with Crippen molar-refractivity contribution in [3.05, 3.63) is 59.2 Å². The first-order valence-electron chi connectivity index (χ1n) is 7.53. The Bertz CT molecular complexity index is 886. The minimum absolute atomic E-state index is 0.162. The fourth-order valence-corrected chi connectivity index (χ4v) is 3.22. The molecule has 2 aromatic rings. The summed E-state index contributed by atoms with van der Waals surface area (Å²) in [5, 5.41) is 4.74. The lowest BCUT2D eigenvalue weighted by molar-refractivity contribution is 0.174. The molecule has 0 spiro atoms. The van der Waals surface area contributed by atoms with Gasteiger partial charge in [0.1, 0.15) is 11.6 Å². The largest absolute Gasteiger partial charge is 0.454 e. The smallest absolute Gasteiger partial charge is 0.231 e. The van der Waals surface area contributed by atoms with E-state index >= 15 is 0 Å². The Hall–Kier alpha value is -2.61. The summed E-state index contributed by atoms with van der Waals surface area (Å²) in [7, 11) is 0. The normalized spacial score (nSPS) is 17.4. The van der Waals surface area contributed by atoms with Crippen LogP contribution in [0, 0.1) is 11.6 Å². The monoisotopic (exact) mass is 361 g/mol. The zero-order chi connectivity index (χ0) is 17.2. The van der Waals surface area contributed by atoms with Crippen LogP contribution in [-0.2, 0) is 6.54 Å². The van der Waals surface area contributed by atoms with Gasteiger partial charge in [-0.25, -0.2) is 8.78 Å². The first kappa shape index (κ1) is 15.9. The predicted octanol–water partition coefficient (Wildman–Crippen LogP) is 3.29. The second kappa shape index (κ2) is 6.72. The molecule has 128 valence electrons. The van der Waals surface area contributed by atoms with Gasteiger partial charge in [0.15, 0.2) is 16.7 Å². The third-order valence-electron chi connectivity index (χ3n) is 3.71. The average molecular weight is 361 g/mol. The van der Waals surface area contributed by atoms with E-state index in [9.17, 15) is 8.78 Å². The Morgan fingerprint density at radius 3 is 2.84 bits per heavy atom. The van der Waals surface area contributed by atoms with E-state index in [1.165, 1.54) is 11.8 Å². The van der Waals surface area contributed by atoms with E-state index in [2.05, 4.69) is 15.5 Å². The van der Waals surface area contributed by atoms with Gasteiger partial charge in [-0.1, -0.05) is 17.8 Å². The van der Waals surface area contributed by atoms with E-state index in [0.717, 1.165) is 29.5 Å². The number of fused-ring (bicyclic) bond motifs is 1. The van der Waals surface area contributed by atoms with E-state index < -0.39 is 11.6 Å². The van der Waals surface area contributed by atoms with Gasteiger partial charge in [0.2, 0.25) is 6.79 Å². The van der Waals surface area contributed by atoms with Gasteiger partial charge in [0.05, 0.1) is 12.3 Å². The highest BCUT2D eigenvalue weighted by Crippen LogP contribution is 2.32. The van der Waals surface area contributed by atoms with Crippen LogP contribution in [0.2, 0.25) is 0 Å². The first-order chi connectivity index (χ1) is 12.2. The molecule has 0 atom stereocenters. The number of hydrogen-bond donors (Lipinski definition) is 1. The van der Waals surface area contributed by atoms with Gasteiger partial charge < -0.3 is 9.47 Å². The minimum Gasteiger partial charge on any atom is -0.454 e. The maximum atomic E-state index is 13.8. The molecule has 2 aromatic carbocycles. The summed E-state index contributed by atoms with van der Waals surface area (Å²) < 4.78 is 37.7. The SMILES string of the molecule is Fc1ccc(F)c(C2=NNC(=NCc3ccc4c(c3)OCO4)SC2)c1. The molecule has 0 saturated carbocycles. The van der Waals surface area contributed by atoms with Crippen molar-refractivity contribution in [1.29, 1.82) is 0 Å². The van der Waals surface area contributed by atoms with Crippen molar-refractivity contribution in [2.45, 2.75) is 6.54 Å². The molecule has 4 rings (SSSR count). The van der Waals surface area contributed by atoms with Gasteiger partial charge in [0.25, 0.3) is 0 Å². The van der Waals surface area contributed by atoms with E-state index in [1.54, 1.807) is 0 Å². The number of hydrogen-bond acceptors (Lipinski definition) is 5. The molecule has 1 N–H and O–H groups in total. The summed E-state index contributed by atoms with van der Waals surface area (Å²) in [5.41, 5.74) is 4.38. The highest BCUT2D eigenvalue weighted by Gasteiger charge is 2.17. The van der Waals surface area contributed by atoms with E-state index in [-0.39, 0.29) is 12.4 Å². The summed E-state index contributed by atoms with van der Waals surface area (Å²) in [6.45, 7) is 0.685. The van der Waals surface area contributed by atoms with Crippen LogP contribution in [0.15, 0.2) is 46.5 Å². The van der Waals surface area contributed by atoms with E-state index in [4.69, 9.17) is 9.47 Å². The van der Waals surface area contributed by atoms with Crippen molar-refractivity contribution in [1.82, 2.24) is 5.43 Å². The molecule has 0 aliphatic carbocycles. The van der Waals surface area contributed by atoms with Crippen LogP contribution in [-0.4, -0.2) is 23.4 Å². The van der Waals surface area contributed by atoms with Crippen molar-refractivity contribution >= 4 is 22.6 Å². The average Bonchev–Trinajstić information content (AvgIpc) is 3.10. The molecule has 2 heterocycles. The zero-order valence-corrected chi connectivity index (χ0v) is 13.8. The summed E-state index contributed by atoms with van der Waals surface area (Å²) >= 11 is 1.39. The summed E-state index contributed by atoms with van der Waals surface area (Å²) in [6, 6.07) is 8.98. The summed E-state index contributed by atoms with van der Waals surface area (Å²) in [4.78, 5) is 4.44. The van der Waals surface area contributed by atoms with Crippen molar-refractivity contribution in [2.75, 3.05) is 12.5 Å². The van der Waals surface area contributed by atoms with Gasteiger partial charge in [-0.2, -0.15) is 5.10 Å². The number of rotatable bonds is 3. The Morgan fingerprint density at radius 2 is 2.00 bits per heavy atom. The standard InChI is InChI=1S/C17H13F2N3O2S/c18-11-2-3-13(19)12(6-11)14-8-25-17(22-21-14)20-7-10-1-4-15-16(5-10)24-9-23-15/h1-6H,7-9H2,(H,20,22). The van der Waals surface area contributed by atoms with Crippen LogP contribution in [0.3, 0.4) is 0 Å². The molecule has 2 aliphatic rings. The zero-order valence-electron chi connectivity index (χ0n) is 13.0. The lowest BCUT2D eigenvalue weighted by atomic mass is 10.1. The Morgan fingerprint density at radius 1 is 1.12 bits per heavy atom. The third-order valence-corrected chi connectivity index (χ3v) is 4.63. The lowest BCUT2D eigenvalue weighted by Crippen LogP contribution is -2.26. The molecule has 0 saturated heterocycles. The molecule has 0 unspecified atom stereocenters. The van der Waals surface area contributed by atoms with Gasteiger partial charge in [-0.3, -0.25) is 10.4 Å². The summed E-state index contributed by atoms with van der Waals surface area (Å²) in [6.07, 6.45) is 0. The molecule has 0 bridgehead atoms. The molecular formula is C17H13F2N3O2S. The van der Waals surface area contributed by atoms with E-state index in [0.29, 0.717) is 28.9 Å². The molecule has 0 aromatic heterocycles. The van der Waals surface area contributed by atoms with Crippen LogP contribution in [0.25, 0.3) is 0 Å². The van der Waals surface area contributed by atoms with Crippen LogP contribution in [0.5, 0.6) is 11.5 Å². The summed E-state index contributed by atoms with van der Waals surface area (Å²) in [5.74, 6) is 0.860. The predicted molar refractivity (Wildman–Crippen MR) is 92.2 cm³/mol. The first-order valence-corrected chi connectivity index (χ1v) is 8.51. The van der Waals surface area contributed by atoms with Crippen molar-refractivity contribution in [3.8, 4) is 11.5 Å². The molecule has 2 aliphatic heterocycles. The lowest BCUT2D eigenvalue weighted by Gasteiger charge is -2.15. The molecule has 0 radical (unpaired) electrons. The van der Waals surface area contributed by atoms with Gasteiger partial charge in [-0.05, 0) is 35.9 Å². The quantitative estimate of drug-likeness (QED) is 0.912. The molecule has 8 heteroatoms. The minimum atomic E-state index is -0.497. The highest BCUT2D eigenvalue weighted by molar-refractivity contribution is 8.14. The maximum Gasteiger partial charge on any atom is 0.231 e. The van der Waals surface area contributed by atoms with Crippen molar-refractivity contribution in [2.24, 2.45) is 10.1 Å². The maximum absolute atomic E-state index is 13.8. The topological polar surface area (TPSA) is 55.2 Å². The van der Waals surface area contributed by atoms with Crippen LogP contribution in [0.4, 0.5) is 8.78 Å². The number of ether oxygens (including phenoxy) is 2. The van der Waals surface area contributed by atoms with Crippen LogP contribution < -0.4 is 14.9 Å². The van der Waals surface area contributed by atoms with E-state index in [1.807, 2.05) is 18.2 Å². The third kappa shape index (κ3) is 3.43. The van der Waals surface area contributed by atoms with Crippen molar-refractivity contribution < 1.29 is 18.3 Å². The Labute approximate surface area is 146 Å². The number of halogens is 2. The second-order valence-electron chi connectivity index (χ2n) is 5.39. The Balaban J connectivity index is 1.45. The highest BCUT2D eigenvalue weighted by atomic mass is 32.2. The van der Waals surface area contributed by atoms with Gasteiger partial charge in [-0.15, -0.1) is 0 Å². The van der Waals surface area contributed by atoms with Gasteiger partial charge in [0, 0.05) is 11.3 Å². The van der Waals surface area contributed by atoms with Gasteiger partial charge >= 0.3 is 0 Å². The van der Waals surface area contributed by atoms with Crippen LogP contribution in [0.1, 0.15) is 11.1 Å². The van der Waals surface area contributed by atoms with Crippen molar-refractivity contribution in [3.63, 3.8) is 0 Å².